The van der Waals surface area contributed by atoms with E-state index in [0.29, 0.717) is 17.5 Å². The minimum absolute atomic E-state index is 0.290. The molecule has 1 saturated carbocycles. The largest absolute Gasteiger partial charge is 0.463 e. The second-order valence-corrected chi connectivity index (χ2v) is 6.06. The zero-order valence-corrected chi connectivity index (χ0v) is 14.1. The fraction of sp³-hybridized carbons (Fsp3) is 0.500. The van der Waals surface area contributed by atoms with E-state index in [1.54, 1.807) is 23.5 Å². The van der Waals surface area contributed by atoms with E-state index in [1.807, 2.05) is 19.9 Å². The van der Waals surface area contributed by atoms with Crippen LogP contribution in [0.15, 0.2) is 17.5 Å². The fourth-order valence-corrected chi connectivity index (χ4v) is 3.04. The van der Waals surface area contributed by atoms with Crippen LogP contribution in [-0.2, 0) is 5.60 Å². The molecule has 1 aliphatic rings. The highest BCUT2D eigenvalue weighted by molar-refractivity contribution is 7.09. The van der Waals surface area contributed by atoms with Gasteiger partial charge in [0, 0.05) is 11.4 Å². The summed E-state index contributed by atoms with van der Waals surface area (Å²) in [6.07, 6.45) is 1.89. The molecule has 1 aliphatic carbocycles. The molecule has 116 valence electrons. The molecule has 2 aromatic heterocycles. The number of aromatic nitrogens is 3. The molecule has 22 heavy (non-hydrogen) atoms. The predicted octanol–water partition coefficient (Wildman–Crippen LogP) is 4.02. The van der Waals surface area contributed by atoms with Crippen molar-refractivity contribution in [3.05, 3.63) is 33.9 Å². The number of hydrogen-bond acceptors (Lipinski definition) is 6. The topological polar surface area (TPSA) is 71.7 Å². The standard InChI is InChI=1S/C14H14N4OS.C2H6/c1-9(2)11-8-20-13(16-11)14(5-6-14)19-12-4-3-10(7-15)17-18-12;1-2/h3-4,8-9H,5-6H2,1-2H3;1-2H3. The Labute approximate surface area is 135 Å². The molecule has 5 nitrogen and oxygen atoms in total. The van der Waals surface area contributed by atoms with E-state index in [1.165, 1.54) is 0 Å². The van der Waals surface area contributed by atoms with Crippen molar-refractivity contribution in [3.8, 4) is 11.9 Å². The number of ether oxygens (including phenoxy) is 1. The van der Waals surface area contributed by atoms with Gasteiger partial charge in [-0.2, -0.15) is 5.26 Å². The Hall–Kier alpha value is -2.00. The average Bonchev–Trinajstić information content (AvgIpc) is 3.14. The summed E-state index contributed by atoms with van der Waals surface area (Å²) in [6.45, 7) is 8.26. The van der Waals surface area contributed by atoms with Crippen molar-refractivity contribution in [2.45, 2.75) is 52.1 Å². The van der Waals surface area contributed by atoms with Gasteiger partial charge in [0.15, 0.2) is 11.3 Å². The Bertz CT molecular complexity index is 654. The van der Waals surface area contributed by atoms with Crippen molar-refractivity contribution >= 4 is 11.3 Å². The number of nitriles is 1. The highest BCUT2D eigenvalue weighted by Gasteiger charge is 2.50. The Balaban J connectivity index is 0.000000847. The summed E-state index contributed by atoms with van der Waals surface area (Å²) >= 11 is 1.64. The summed E-state index contributed by atoms with van der Waals surface area (Å²) in [5, 5.41) is 19.5. The molecular formula is C16H20N4OS. The van der Waals surface area contributed by atoms with Crippen molar-refractivity contribution in [3.63, 3.8) is 0 Å². The lowest BCUT2D eigenvalue weighted by Gasteiger charge is -2.14. The van der Waals surface area contributed by atoms with Crippen LogP contribution in [0.1, 0.15) is 62.8 Å². The van der Waals surface area contributed by atoms with Crippen LogP contribution in [0, 0.1) is 11.3 Å². The van der Waals surface area contributed by atoms with Crippen LogP contribution in [0.2, 0.25) is 0 Å². The van der Waals surface area contributed by atoms with Crippen LogP contribution >= 0.6 is 11.3 Å². The molecule has 0 N–H and O–H groups in total. The van der Waals surface area contributed by atoms with E-state index in [2.05, 4.69) is 34.4 Å². The molecule has 0 saturated heterocycles. The van der Waals surface area contributed by atoms with Gasteiger partial charge in [-0.15, -0.1) is 21.5 Å². The second-order valence-electron chi connectivity index (χ2n) is 5.20. The number of nitrogens with zero attached hydrogens (tertiary/aromatic N) is 4. The third kappa shape index (κ3) is 3.42. The summed E-state index contributed by atoms with van der Waals surface area (Å²) in [6, 6.07) is 5.23. The lowest BCUT2D eigenvalue weighted by atomic mass is 10.2. The smallest absolute Gasteiger partial charge is 0.234 e. The van der Waals surface area contributed by atoms with E-state index in [4.69, 9.17) is 10.00 Å². The lowest BCUT2D eigenvalue weighted by Crippen LogP contribution is -2.16. The van der Waals surface area contributed by atoms with Crippen molar-refractivity contribution in [2.24, 2.45) is 0 Å². The Kier molecular flexibility index (Phi) is 5.09. The molecule has 6 heteroatoms. The predicted molar refractivity (Wildman–Crippen MR) is 85.8 cm³/mol. The molecule has 0 unspecified atom stereocenters. The molecule has 2 heterocycles. The Morgan fingerprint density at radius 1 is 1.27 bits per heavy atom. The minimum Gasteiger partial charge on any atom is -0.463 e. The van der Waals surface area contributed by atoms with Gasteiger partial charge >= 0.3 is 0 Å². The number of rotatable bonds is 4. The van der Waals surface area contributed by atoms with E-state index in [9.17, 15) is 0 Å². The molecule has 0 bridgehead atoms. The maximum Gasteiger partial charge on any atom is 0.234 e. The van der Waals surface area contributed by atoms with Crippen LogP contribution in [0.3, 0.4) is 0 Å². The number of hydrogen-bond donors (Lipinski definition) is 0. The molecule has 0 aromatic carbocycles. The molecule has 2 aromatic rings. The van der Waals surface area contributed by atoms with E-state index in [0.717, 1.165) is 23.5 Å². The van der Waals surface area contributed by atoms with Crippen LogP contribution < -0.4 is 4.74 Å². The van der Waals surface area contributed by atoms with Gasteiger partial charge in [-0.1, -0.05) is 27.7 Å². The van der Waals surface area contributed by atoms with E-state index >= 15 is 0 Å². The van der Waals surface area contributed by atoms with Gasteiger partial charge in [0.05, 0.1) is 5.69 Å². The van der Waals surface area contributed by atoms with Gasteiger partial charge in [-0.3, -0.25) is 0 Å². The molecule has 0 aliphatic heterocycles. The Morgan fingerprint density at radius 2 is 2.00 bits per heavy atom. The van der Waals surface area contributed by atoms with E-state index < -0.39 is 0 Å². The van der Waals surface area contributed by atoms with Crippen molar-refractivity contribution in [2.75, 3.05) is 0 Å². The van der Waals surface area contributed by atoms with Gasteiger partial charge in [0.25, 0.3) is 0 Å². The maximum atomic E-state index is 8.70. The SMILES string of the molecule is CC.CC(C)c1csc(C2(Oc3ccc(C#N)nn3)CC2)n1. The minimum atomic E-state index is -0.333. The van der Waals surface area contributed by atoms with Gasteiger partial charge in [0.2, 0.25) is 5.88 Å². The Morgan fingerprint density at radius 3 is 2.45 bits per heavy atom. The fourth-order valence-electron chi connectivity index (χ4n) is 1.87. The first-order valence-electron chi connectivity index (χ1n) is 7.52. The van der Waals surface area contributed by atoms with Gasteiger partial charge in [-0.05, 0) is 24.8 Å². The third-order valence-corrected chi connectivity index (χ3v) is 4.31. The summed E-state index contributed by atoms with van der Waals surface area (Å²) in [4.78, 5) is 4.67. The van der Waals surface area contributed by atoms with Crippen molar-refractivity contribution in [1.82, 2.24) is 15.2 Å². The molecule has 0 spiro atoms. The normalized spacial score (nSPS) is 14.7. The monoisotopic (exact) mass is 316 g/mol. The maximum absolute atomic E-state index is 8.70. The third-order valence-electron chi connectivity index (χ3n) is 3.26. The molecule has 0 radical (unpaired) electrons. The highest BCUT2D eigenvalue weighted by Crippen LogP contribution is 2.50. The van der Waals surface area contributed by atoms with Crippen LogP contribution in [0.4, 0.5) is 0 Å². The van der Waals surface area contributed by atoms with Crippen LogP contribution in [-0.4, -0.2) is 15.2 Å². The molecule has 0 atom stereocenters. The quantitative estimate of drug-likeness (QED) is 0.851. The first-order valence-corrected chi connectivity index (χ1v) is 8.40. The first kappa shape index (κ1) is 16.4. The van der Waals surface area contributed by atoms with Gasteiger partial charge in [0.1, 0.15) is 11.1 Å². The summed E-state index contributed by atoms with van der Waals surface area (Å²) in [7, 11) is 0. The van der Waals surface area contributed by atoms with Crippen molar-refractivity contribution < 1.29 is 4.74 Å². The van der Waals surface area contributed by atoms with Crippen LogP contribution in [0.25, 0.3) is 0 Å². The van der Waals surface area contributed by atoms with E-state index in [-0.39, 0.29) is 5.60 Å². The molecule has 0 amide bonds. The van der Waals surface area contributed by atoms with Crippen molar-refractivity contribution in [1.29, 1.82) is 5.26 Å². The zero-order valence-electron chi connectivity index (χ0n) is 13.3. The zero-order chi connectivity index (χ0) is 16.2. The second kappa shape index (κ2) is 6.84. The van der Waals surface area contributed by atoms with Gasteiger partial charge < -0.3 is 4.74 Å². The molecule has 3 rings (SSSR count). The van der Waals surface area contributed by atoms with Gasteiger partial charge in [-0.25, -0.2) is 4.98 Å². The number of thiazole rings is 1. The molecular weight excluding hydrogens is 296 g/mol. The summed E-state index contributed by atoms with van der Waals surface area (Å²) in [5.41, 5.74) is 1.06. The summed E-state index contributed by atoms with van der Waals surface area (Å²) in [5.74, 6) is 0.869. The summed E-state index contributed by atoms with van der Waals surface area (Å²) < 4.78 is 5.96. The highest BCUT2D eigenvalue weighted by atomic mass is 32.1. The molecule has 1 fully saturated rings. The average molecular weight is 316 g/mol. The van der Waals surface area contributed by atoms with Crippen LogP contribution in [0.5, 0.6) is 5.88 Å². The lowest BCUT2D eigenvalue weighted by molar-refractivity contribution is 0.170. The first-order chi connectivity index (χ1) is 10.6.